The summed E-state index contributed by atoms with van der Waals surface area (Å²) in [6.45, 7) is 4.24. The van der Waals surface area contributed by atoms with Crippen molar-refractivity contribution in [3.63, 3.8) is 0 Å². The summed E-state index contributed by atoms with van der Waals surface area (Å²) < 4.78 is 40.6. The predicted molar refractivity (Wildman–Crippen MR) is 85.0 cm³/mol. The van der Waals surface area contributed by atoms with E-state index in [2.05, 4.69) is 6.92 Å². The number of unbranched alkanes of at least 4 members (excludes halogenated alkanes) is 2. The highest BCUT2D eigenvalue weighted by atomic mass is 19.3. The van der Waals surface area contributed by atoms with Gasteiger partial charge in [0.15, 0.2) is 6.29 Å². The van der Waals surface area contributed by atoms with E-state index < -0.39 is 6.08 Å². The Morgan fingerprint density at radius 3 is 2.35 bits per heavy atom. The van der Waals surface area contributed by atoms with Crippen LogP contribution in [0.15, 0.2) is 12.3 Å². The molecule has 0 unspecified atom stereocenters. The van der Waals surface area contributed by atoms with Crippen molar-refractivity contribution in [3.8, 4) is 0 Å². The fourth-order valence-corrected chi connectivity index (χ4v) is 3.55. The second kappa shape index (κ2) is 10.2. The molecule has 23 heavy (non-hydrogen) atoms. The summed E-state index contributed by atoms with van der Waals surface area (Å²) in [7, 11) is 0. The molecule has 1 saturated heterocycles. The van der Waals surface area contributed by atoms with Crippen LogP contribution < -0.4 is 0 Å². The molecule has 134 valence electrons. The SMILES string of the molecule is CCCCCC1COC(C2CCC(COC=C(F)F)CC2)OC1. The van der Waals surface area contributed by atoms with Crippen LogP contribution in [0.3, 0.4) is 0 Å². The average Bonchev–Trinajstić information content (AvgIpc) is 2.56. The number of rotatable bonds is 8. The van der Waals surface area contributed by atoms with E-state index in [9.17, 15) is 8.78 Å². The first-order valence-corrected chi connectivity index (χ1v) is 9.05. The Balaban J connectivity index is 1.60. The van der Waals surface area contributed by atoms with Crippen molar-refractivity contribution in [2.24, 2.45) is 17.8 Å². The highest BCUT2D eigenvalue weighted by Gasteiger charge is 2.32. The molecule has 2 aliphatic rings. The lowest BCUT2D eigenvalue weighted by molar-refractivity contribution is -0.230. The van der Waals surface area contributed by atoms with Crippen LogP contribution in [0.2, 0.25) is 0 Å². The van der Waals surface area contributed by atoms with E-state index in [1.807, 2.05) is 0 Å². The number of ether oxygens (including phenoxy) is 3. The van der Waals surface area contributed by atoms with E-state index in [4.69, 9.17) is 14.2 Å². The van der Waals surface area contributed by atoms with Gasteiger partial charge in [-0.05, 0) is 38.0 Å². The van der Waals surface area contributed by atoms with Crippen molar-refractivity contribution >= 4 is 0 Å². The van der Waals surface area contributed by atoms with Gasteiger partial charge in [0.05, 0.1) is 19.8 Å². The van der Waals surface area contributed by atoms with Crippen LogP contribution in [0, 0.1) is 17.8 Å². The maximum absolute atomic E-state index is 11.9. The zero-order chi connectivity index (χ0) is 16.5. The molecule has 0 N–H and O–H groups in total. The minimum atomic E-state index is -1.77. The van der Waals surface area contributed by atoms with Gasteiger partial charge in [-0.15, -0.1) is 0 Å². The lowest BCUT2D eigenvalue weighted by Crippen LogP contribution is -2.38. The predicted octanol–water partition coefficient (Wildman–Crippen LogP) is 5.12. The van der Waals surface area contributed by atoms with Gasteiger partial charge in [-0.2, -0.15) is 8.78 Å². The first kappa shape index (κ1) is 18.7. The fourth-order valence-electron chi connectivity index (χ4n) is 3.55. The van der Waals surface area contributed by atoms with Gasteiger partial charge in [-0.3, -0.25) is 0 Å². The molecule has 1 heterocycles. The molecule has 0 bridgehead atoms. The maximum atomic E-state index is 11.9. The van der Waals surface area contributed by atoms with Gasteiger partial charge in [-0.25, -0.2) is 0 Å². The highest BCUT2D eigenvalue weighted by Crippen LogP contribution is 2.34. The first-order valence-electron chi connectivity index (χ1n) is 9.05. The van der Waals surface area contributed by atoms with Crippen molar-refractivity contribution in [2.45, 2.75) is 64.6 Å². The highest BCUT2D eigenvalue weighted by molar-refractivity contribution is 4.78. The third-order valence-corrected chi connectivity index (χ3v) is 4.99. The van der Waals surface area contributed by atoms with Crippen LogP contribution in [0.1, 0.15) is 58.3 Å². The van der Waals surface area contributed by atoms with Gasteiger partial charge in [0, 0.05) is 11.8 Å². The topological polar surface area (TPSA) is 27.7 Å². The monoisotopic (exact) mass is 332 g/mol. The van der Waals surface area contributed by atoms with Gasteiger partial charge in [0.1, 0.15) is 6.26 Å². The number of halogens is 2. The smallest absolute Gasteiger partial charge is 0.304 e. The van der Waals surface area contributed by atoms with Crippen molar-refractivity contribution in [1.82, 2.24) is 0 Å². The molecule has 5 heteroatoms. The van der Waals surface area contributed by atoms with E-state index >= 15 is 0 Å². The van der Waals surface area contributed by atoms with Gasteiger partial charge in [0.2, 0.25) is 0 Å². The quantitative estimate of drug-likeness (QED) is 0.456. The van der Waals surface area contributed by atoms with Gasteiger partial charge < -0.3 is 14.2 Å². The Morgan fingerprint density at radius 2 is 1.74 bits per heavy atom. The Labute approximate surface area is 138 Å². The molecule has 0 spiro atoms. The minimum Gasteiger partial charge on any atom is -0.495 e. The van der Waals surface area contributed by atoms with Crippen LogP contribution in [-0.4, -0.2) is 26.1 Å². The van der Waals surface area contributed by atoms with Crippen molar-refractivity contribution in [2.75, 3.05) is 19.8 Å². The third kappa shape index (κ3) is 6.76. The van der Waals surface area contributed by atoms with Gasteiger partial charge in [-0.1, -0.05) is 26.2 Å². The molecule has 0 atom stereocenters. The Bertz CT molecular complexity index is 342. The molecule has 2 rings (SSSR count). The summed E-state index contributed by atoms with van der Waals surface area (Å²) in [5, 5.41) is 0. The summed E-state index contributed by atoms with van der Waals surface area (Å²) in [6, 6.07) is 0. The van der Waals surface area contributed by atoms with E-state index in [1.54, 1.807) is 0 Å². The lowest BCUT2D eigenvalue weighted by atomic mass is 9.82. The molecule has 2 fully saturated rings. The lowest BCUT2D eigenvalue weighted by Gasteiger charge is -2.37. The molecule has 3 nitrogen and oxygen atoms in total. The zero-order valence-corrected chi connectivity index (χ0v) is 14.1. The van der Waals surface area contributed by atoms with Gasteiger partial charge in [0.25, 0.3) is 0 Å². The molecule has 1 saturated carbocycles. The molecule has 0 amide bonds. The minimum absolute atomic E-state index is 0.0672. The van der Waals surface area contributed by atoms with E-state index in [0.717, 1.165) is 38.9 Å². The number of hydrogen-bond acceptors (Lipinski definition) is 3. The van der Waals surface area contributed by atoms with E-state index in [1.165, 1.54) is 25.7 Å². The molecule has 1 aliphatic carbocycles. The van der Waals surface area contributed by atoms with Crippen molar-refractivity contribution < 1.29 is 23.0 Å². The largest absolute Gasteiger partial charge is 0.495 e. The van der Waals surface area contributed by atoms with Crippen LogP contribution >= 0.6 is 0 Å². The summed E-state index contributed by atoms with van der Waals surface area (Å²) in [4.78, 5) is 0. The molecular formula is C18H30F2O3. The van der Waals surface area contributed by atoms with Crippen molar-refractivity contribution in [1.29, 1.82) is 0 Å². The normalized spacial score (nSPS) is 31.6. The summed E-state index contributed by atoms with van der Waals surface area (Å²) >= 11 is 0. The fraction of sp³-hybridized carbons (Fsp3) is 0.889. The Hall–Kier alpha value is -0.680. The maximum Gasteiger partial charge on any atom is 0.304 e. The zero-order valence-electron chi connectivity index (χ0n) is 14.1. The molecule has 0 aromatic heterocycles. The average molecular weight is 332 g/mol. The molecule has 0 aromatic rings. The molecule has 1 aliphatic heterocycles. The Kier molecular flexibility index (Phi) is 8.31. The van der Waals surface area contributed by atoms with Crippen LogP contribution in [0.5, 0.6) is 0 Å². The van der Waals surface area contributed by atoms with Crippen molar-refractivity contribution in [3.05, 3.63) is 12.3 Å². The number of hydrogen-bond donors (Lipinski definition) is 0. The van der Waals surface area contributed by atoms with Crippen LogP contribution in [0.25, 0.3) is 0 Å². The molecular weight excluding hydrogens is 302 g/mol. The second-order valence-corrected chi connectivity index (χ2v) is 6.92. The summed E-state index contributed by atoms with van der Waals surface area (Å²) in [5.41, 5.74) is 0. The Morgan fingerprint density at radius 1 is 1.04 bits per heavy atom. The summed E-state index contributed by atoms with van der Waals surface area (Å²) in [5.74, 6) is 1.36. The standard InChI is InChI=1S/C18H30F2O3/c1-2-3-4-5-15-11-22-18(23-12-15)16-8-6-14(7-9-16)10-21-13-17(19)20/h13-16,18H,2-12H2,1H3. The van der Waals surface area contributed by atoms with E-state index in [0.29, 0.717) is 30.6 Å². The first-order chi connectivity index (χ1) is 11.2. The van der Waals surface area contributed by atoms with Crippen LogP contribution in [0.4, 0.5) is 8.78 Å². The second-order valence-electron chi connectivity index (χ2n) is 6.92. The molecule has 0 radical (unpaired) electrons. The third-order valence-electron chi connectivity index (χ3n) is 4.99. The van der Waals surface area contributed by atoms with Crippen LogP contribution in [-0.2, 0) is 14.2 Å². The molecule has 0 aromatic carbocycles. The van der Waals surface area contributed by atoms with E-state index in [-0.39, 0.29) is 6.29 Å². The summed E-state index contributed by atoms with van der Waals surface area (Å²) in [6.07, 6.45) is 7.76. The van der Waals surface area contributed by atoms with Gasteiger partial charge >= 0.3 is 6.08 Å².